The molecule has 34 heavy (non-hydrogen) atoms. The van der Waals surface area contributed by atoms with Crippen LogP contribution >= 0.6 is 11.3 Å². The molecule has 0 spiro atoms. The largest absolute Gasteiger partial charge is 0.497 e. The van der Waals surface area contributed by atoms with Gasteiger partial charge in [-0.1, -0.05) is 0 Å². The molecule has 0 saturated carbocycles. The molecule has 4 rings (SSSR count). The van der Waals surface area contributed by atoms with Crippen molar-refractivity contribution in [3.8, 4) is 5.75 Å². The fourth-order valence-electron chi connectivity index (χ4n) is 3.51. The van der Waals surface area contributed by atoms with Crippen molar-refractivity contribution < 1.29 is 28.5 Å². The Labute approximate surface area is 196 Å². The van der Waals surface area contributed by atoms with Crippen LogP contribution in [0.1, 0.15) is 31.4 Å². The van der Waals surface area contributed by atoms with Crippen LogP contribution in [0.25, 0.3) is 0 Å². The second-order valence-electron chi connectivity index (χ2n) is 7.25. The molecule has 0 aliphatic carbocycles. The van der Waals surface area contributed by atoms with E-state index in [4.69, 9.17) is 14.9 Å². The van der Waals surface area contributed by atoms with Crippen molar-refractivity contribution >= 4 is 45.8 Å². The molecule has 2 aromatic heterocycles. The number of furan rings is 1. The minimum absolute atomic E-state index is 0.157. The molecule has 1 aromatic carbocycles. The van der Waals surface area contributed by atoms with Gasteiger partial charge in [0, 0.05) is 17.1 Å². The van der Waals surface area contributed by atoms with Crippen LogP contribution in [0.3, 0.4) is 0 Å². The van der Waals surface area contributed by atoms with Crippen LogP contribution in [0.5, 0.6) is 5.75 Å². The Balaban J connectivity index is 1.51. The van der Waals surface area contributed by atoms with E-state index in [0.29, 0.717) is 34.8 Å². The lowest BCUT2D eigenvalue weighted by atomic mass is 10.0. The summed E-state index contributed by atoms with van der Waals surface area (Å²) in [5.41, 5.74) is 6.98. The van der Waals surface area contributed by atoms with Gasteiger partial charge < -0.3 is 30.4 Å². The molecule has 176 valence electrons. The van der Waals surface area contributed by atoms with Crippen molar-refractivity contribution in [2.45, 2.75) is 13.0 Å². The number of amides is 4. The van der Waals surface area contributed by atoms with Crippen molar-refractivity contribution in [3.63, 3.8) is 0 Å². The number of carbonyl (C=O) groups excluding carboxylic acids is 3. The maximum Gasteiger partial charge on any atom is 0.433 e. The number of carbonyl (C=O) groups is 3. The molecule has 1 aliphatic heterocycles. The van der Waals surface area contributed by atoms with Gasteiger partial charge in [-0.25, -0.2) is 4.79 Å². The van der Waals surface area contributed by atoms with Gasteiger partial charge in [0.25, 0.3) is 11.8 Å². The standard InChI is InChI=1S/C21H19N5O7S/c1-32-12-4-2-11(3-5-12)23-21(29)25-9-8-13-15(10-25)34-20(17(13)18(22)27)24-19(28)14-6-7-16(33-14)26(30)31/h2-7H,8-10H2,1H3,(H2,22,27)(H,23,29)(H,24,28). The van der Waals surface area contributed by atoms with Gasteiger partial charge in [0.05, 0.1) is 25.3 Å². The number of nitro groups is 1. The van der Waals surface area contributed by atoms with Gasteiger partial charge in [0.2, 0.25) is 0 Å². The summed E-state index contributed by atoms with van der Waals surface area (Å²) in [5.74, 6) is -1.69. The number of nitrogens with one attached hydrogen (secondary N) is 2. The van der Waals surface area contributed by atoms with Gasteiger partial charge in [-0.3, -0.25) is 19.7 Å². The van der Waals surface area contributed by atoms with Crippen molar-refractivity contribution in [1.29, 1.82) is 0 Å². The van der Waals surface area contributed by atoms with Gasteiger partial charge in [0.1, 0.15) is 15.7 Å². The number of thiophene rings is 1. The molecule has 12 nitrogen and oxygen atoms in total. The summed E-state index contributed by atoms with van der Waals surface area (Å²) in [6.45, 7) is 0.550. The van der Waals surface area contributed by atoms with E-state index in [0.717, 1.165) is 23.5 Å². The van der Waals surface area contributed by atoms with Gasteiger partial charge >= 0.3 is 11.9 Å². The fourth-order valence-corrected chi connectivity index (χ4v) is 4.78. The average molecular weight is 485 g/mol. The number of ether oxygens (including phenoxy) is 1. The van der Waals surface area contributed by atoms with Crippen LogP contribution in [0, 0.1) is 10.1 Å². The fraction of sp³-hybridized carbons (Fsp3) is 0.190. The number of hydrogen-bond donors (Lipinski definition) is 3. The third kappa shape index (κ3) is 4.54. The first-order valence-corrected chi connectivity index (χ1v) is 10.8. The van der Waals surface area contributed by atoms with Gasteiger partial charge in [0.15, 0.2) is 5.76 Å². The zero-order chi connectivity index (χ0) is 24.4. The first kappa shape index (κ1) is 22.8. The lowest BCUT2D eigenvalue weighted by molar-refractivity contribution is -0.402. The molecule has 4 N–H and O–H groups in total. The Morgan fingerprint density at radius 2 is 1.91 bits per heavy atom. The van der Waals surface area contributed by atoms with E-state index < -0.39 is 22.6 Å². The number of rotatable bonds is 6. The molecule has 0 saturated heterocycles. The number of primary amides is 1. The van der Waals surface area contributed by atoms with Crippen LogP contribution in [0.2, 0.25) is 0 Å². The van der Waals surface area contributed by atoms with E-state index in [1.54, 1.807) is 36.3 Å². The second kappa shape index (κ2) is 9.23. The Kier molecular flexibility index (Phi) is 6.19. The topological polar surface area (TPSA) is 170 Å². The summed E-state index contributed by atoms with van der Waals surface area (Å²) < 4.78 is 10.0. The summed E-state index contributed by atoms with van der Waals surface area (Å²) in [4.78, 5) is 49.7. The number of hydrogen-bond acceptors (Lipinski definition) is 8. The summed E-state index contributed by atoms with van der Waals surface area (Å²) in [6.07, 6.45) is 0.363. The number of urea groups is 1. The SMILES string of the molecule is COc1ccc(NC(=O)N2CCc3c(sc(NC(=O)c4ccc([N+](=O)[O-])o4)c3C(N)=O)C2)cc1. The van der Waals surface area contributed by atoms with Crippen LogP contribution in [-0.2, 0) is 13.0 Å². The Hall–Kier alpha value is -4.39. The maximum atomic E-state index is 12.7. The number of fused-ring (bicyclic) bond motifs is 1. The van der Waals surface area contributed by atoms with E-state index >= 15 is 0 Å². The van der Waals surface area contributed by atoms with E-state index in [9.17, 15) is 24.5 Å². The van der Waals surface area contributed by atoms with E-state index in [2.05, 4.69) is 10.6 Å². The molecular weight excluding hydrogens is 466 g/mol. The highest BCUT2D eigenvalue weighted by atomic mass is 32.1. The molecule has 3 heterocycles. The molecule has 1 aliphatic rings. The predicted octanol–water partition coefficient (Wildman–Crippen LogP) is 3.20. The zero-order valence-corrected chi connectivity index (χ0v) is 18.6. The quantitative estimate of drug-likeness (QED) is 0.355. The number of nitrogens with two attached hydrogens (primary N) is 1. The van der Waals surface area contributed by atoms with Gasteiger partial charge in [-0.15, -0.1) is 11.3 Å². The van der Waals surface area contributed by atoms with Gasteiger partial charge in [-0.05, 0) is 42.3 Å². The minimum Gasteiger partial charge on any atom is -0.497 e. The third-order valence-corrected chi connectivity index (χ3v) is 6.29. The summed E-state index contributed by atoms with van der Waals surface area (Å²) >= 11 is 1.11. The molecule has 0 unspecified atom stereocenters. The smallest absolute Gasteiger partial charge is 0.433 e. The van der Waals surface area contributed by atoms with Crippen LogP contribution in [-0.4, -0.2) is 41.3 Å². The highest BCUT2D eigenvalue weighted by Crippen LogP contribution is 2.37. The molecule has 0 radical (unpaired) electrons. The number of nitrogens with zero attached hydrogens (tertiary/aromatic N) is 2. The van der Waals surface area contributed by atoms with E-state index in [1.165, 1.54) is 0 Å². The lowest BCUT2D eigenvalue weighted by Crippen LogP contribution is -2.38. The molecule has 4 amide bonds. The normalized spacial score (nSPS) is 12.6. The molecule has 0 bridgehead atoms. The molecule has 0 atom stereocenters. The first-order chi connectivity index (χ1) is 16.3. The van der Waals surface area contributed by atoms with Crippen molar-refractivity contribution in [3.05, 3.63) is 68.3 Å². The predicted molar refractivity (Wildman–Crippen MR) is 122 cm³/mol. The maximum absolute atomic E-state index is 12.7. The average Bonchev–Trinajstić information content (AvgIpc) is 3.44. The van der Waals surface area contributed by atoms with Crippen molar-refractivity contribution in [1.82, 2.24) is 4.90 Å². The van der Waals surface area contributed by atoms with Crippen LogP contribution < -0.4 is 21.1 Å². The summed E-state index contributed by atoms with van der Waals surface area (Å²) in [6, 6.07) is 8.79. The van der Waals surface area contributed by atoms with Crippen LogP contribution in [0.15, 0.2) is 40.8 Å². The lowest BCUT2D eigenvalue weighted by Gasteiger charge is -2.27. The third-order valence-electron chi connectivity index (χ3n) is 5.15. The Bertz CT molecular complexity index is 1280. The number of benzene rings is 1. The molecule has 0 fully saturated rings. The monoisotopic (exact) mass is 485 g/mol. The molecule has 13 heteroatoms. The van der Waals surface area contributed by atoms with Crippen molar-refractivity contribution in [2.75, 3.05) is 24.3 Å². The Morgan fingerprint density at radius 3 is 2.53 bits per heavy atom. The summed E-state index contributed by atoms with van der Waals surface area (Å²) in [7, 11) is 1.55. The summed E-state index contributed by atoms with van der Waals surface area (Å²) in [5, 5.41) is 16.3. The number of methoxy groups -OCH3 is 1. The van der Waals surface area contributed by atoms with Crippen molar-refractivity contribution in [2.24, 2.45) is 5.73 Å². The van der Waals surface area contributed by atoms with E-state index in [1.807, 2.05) is 0 Å². The van der Waals surface area contributed by atoms with Gasteiger partial charge in [-0.2, -0.15) is 0 Å². The minimum atomic E-state index is -0.763. The first-order valence-electron chi connectivity index (χ1n) is 9.96. The second-order valence-corrected chi connectivity index (χ2v) is 8.36. The Morgan fingerprint density at radius 1 is 1.18 bits per heavy atom. The highest BCUT2D eigenvalue weighted by Gasteiger charge is 2.30. The number of anilines is 2. The zero-order valence-electron chi connectivity index (χ0n) is 17.8. The molecule has 3 aromatic rings. The van der Waals surface area contributed by atoms with Crippen LogP contribution in [0.4, 0.5) is 21.4 Å². The van der Waals surface area contributed by atoms with E-state index in [-0.39, 0.29) is 28.9 Å². The highest BCUT2D eigenvalue weighted by molar-refractivity contribution is 7.17. The molecular formula is C21H19N5O7S.